The van der Waals surface area contributed by atoms with Gasteiger partial charge in [0.15, 0.2) is 10.4 Å². The number of furan rings is 1. The van der Waals surface area contributed by atoms with Gasteiger partial charge in [0, 0.05) is 31.6 Å². The lowest BCUT2D eigenvalue weighted by Crippen LogP contribution is -2.42. The van der Waals surface area contributed by atoms with Crippen molar-refractivity contribution in [2.75, 3.05) is 20.1 Å². The molecule has 0 atom stereocenters. The van der Waals surface area contributed by atoms with Crippen molar-refractivity contribution in [1.82, 2.24) is 10.2 Å². The lowest BCUT2D eigenvalue weighted by Gasteiger charge is -2.30. The number of amides is 2. The summed E-state index contributed by atoms with van der Waals surface area (Å²) < 4.78 is 5.93. The Bertz CT molecular complexity index is 490. The van der Waals surface area contributed by atoms with E-state index in [2.05, 4.69) is 21.2 Å². The van der Waals surface area contributed by atoms with Crippen molar-refractivity contribution in [2.24, 2.45) is 5.92 Å². The standard InChI is InChI=1S/C13H17BrN2O3/c1-8-7-10(14)19-11(8)13(18)16-5-3-9(4-6-16)12(17)15-2/h7,9H,3-6H2,1-2H3,(H,15,17). The van der Waals surface area contributed by atoms with Gasteiger partial charge in [0.05, 0.1) is 0 Å². The van der Waals surface area contributed by atoms with E-state index in [4.69, 9.17) is 4.42 Å². The van der Waals surface area contributed by atoms with E-state index in [1.807, 2.05) is 6.92 Å². The minimum atomic E-state index is -0.0986. The Hall–Kier alpha value is -1.30. The lowest BCUT2D eigenvalue weighted by molar-refractivity contribution is -0.125. The SMILES string of the molecule is CNC(=O)C1CCN(C(=O)c2oc(Br)cc2C)CC1. The van der Waals surface area contributed by atoms with Gasteiger partial charge >= 0.3 is 0 Å². The molecule has 0 bridgehead atoms. The summed E-state index contributed by atoms with van der Waals surface area (Å²) in [4.78, 5) is 25.6. The number of hydrogen-bond acceptors (Lipinski definition) is 3. The molecule has 0 aromatic carbocycles. The van der Waals surface area contributed by atoms with Crippen LogP contribution < -0.4 is 5.32 Å². The smallest absolute Gasteiger partial charge is 0.289 e. The lowest BCUT2D eigenvalue weighted by atomic mass is 9.96. The van der Waals surface area contributed by atoms with E-state index in [0.717, 1.165) is 5.56 Å². The first kappa shape index (κ1) is 14.1. The molecule has 1 aromatic rings. The molecule has 1 saturated heterocycles. The molecule has 0 spiro atoms. The quantitative estimate of drug-likeness (QED) is 0.902. The number of rotatable bonds is 2. The summed E-state index contributed by atoms with van der Waals surface area (Å²) in [6.07, 6.45) is 1.40. The summed E-state index contributed by atoms with van der Waals surface area (Å²) in [5, 5.41) is 2.66. The van der Waals surface area contributed by atoms with E-state index >= 15 is 0 Å². The molecule has 2 amide bonds. The van der Waals surface area contributed by atoms with Gasteiger partial charge in [-0.1, -0.05) is 0 Å². The average Bonchev–Trinajstić information content (AvgIpc) is 2.76. The zero-order chi connectivity index (χ0) is 14.0. The summed E-state index contributed by atoms with van der Waals surface area (Å²) in [6, 6.07) is 1.78. The monoisotopic (exact) mass is 328 g/mol. The molecule has 1 N–H and O–H groups in total. The van der Waals surface area contributed by atoms with Gasteiger partial charge in [-0.25, -0.2) is 0 Å². The number of aryl methyl sites for hydroxylation is 1. The molecule has 0 aliphatic carbocycles. The molecule has 0 saturated carbocycles. The summed E-state index contributed by atoms with van der Waals surface area (Å²) >= 11 is 3.22. The maximum atomic E-state index is 12.3. The molecule has 0 unspecified atom stereocenters. The van der Waals surface area contributed by atoms with E-state index in [-0.39, 0.29) is 17.7 Å². The number of halogens is 1. The number of likely N-dealkylation sites (tertiary alicyclic amines) is 1. The predicted octanol–water partition coefficient (Wildman–Crippen LogP) is 1.95. The van der Waals surface area contributed by atoms with Crippen LogP contribution in [0.5, 0.6) is 0 Å². The minimum absolute atomic E-state index is 0.0125. The average molecular weight is 329 g/mol. The van der Waals surface area contributed by atoms with Gasteiger partial charge in [0.25, 0.3) is 5.91 Å². The highest BCUT2D eigenvalue weighted by atomic mass is 79.9. The van der Waals surface area contributed by atoms with Crippen LogP contribution in [-0.4, -0.2) is 36.9 Å². The van der Waals surface area contributed by atoms with Crippen LogP contribution in [0.4, 0.5) is 0 Å². The van der Waals surface area contributed by atoms with Crippen molar-refractivity contribution in [3.8, 4) is 0 Å². The number of carbonyl (C=O) groups is 2. The molecule has 19 heavy (non-hydrogen) atoms. The van der Waals surface area contributed by atoms with Crippen molar-refractivity contribution < 1.29 is 14.0 Å². The van der Waals surface area contributed by atoms with Gasteiger partial charge < -0.3 is 14.6 Å². The second-order valence-corrected chi connectivity index (χ2v) is 5.52. The van der Waals surface area contributed by atoms with Crippen LogP contribution in [0.2, 0.25) is 0 Å². The first-order chi connectivity index (χ1) is 9.02. The molecule has 1 aliphatic heterocycles. The summed E-state index contributed by atoms with van der Waals surface area (Å²) in [7, 11) is 1.64. The Morgan fingerprint density at radius 1 is 1.42 bits per heavy atom. The number of hydrogen-bond donors (Lipinski definition) is 1. The zero-order valence-electron chi connectivity index (χ0n) is 11.0. The second kappa shape index (κ2) is 5.77. The Kier molecular flexibility index (Phi) is 4.29. The van der Waals surface area contributed by atoms with E-state index in [1.54, 1.807) is 18.0 Å². The van der Waals surface area contributed by atoms with Crippen LogP contribution in [0.1, 0.15) is 29.0 Å². The number of nitrogens with zero attached hydrogens (tertiary/aromatic N) is 1. The second-order valence-electron chi connectivity index (χ2n) is 4.74. The molecule has 1 fully saturated rings. The maximum absolute atomic E-state index is 12.3. The Balaban J connectivity index is 2.00. The van der Waals surface area contributed by atoms with Crippen molar-refractivity contribution in [3.63, 3.8) is 0 Å². The van der Waals surface area contributed by atoms with Crippen molar-refractivity contribution in [3.05, 3.63) is 22.1 Å². The molecule has 5 nitrogen and oxygen atoms in total. The third kappa shape index (κ3) is 3.00. The largest absolute Gasteiger partial charge is 0.444 e. The molecule has 2 rings (SSSR count). The van der Waals surface area contributed by atoms with E-state index in [1.165, 1.54) is 0 Å². The van der Waals surface area contributed by atoms with Crippen LogP contribution in [0.25, 0.3) is 0 Å². The van der Waals surface area contributed by atoms with Crippen LogP contribution >= 0.6 is 15.9 Å². The fraction of sp³-hybridized carbons (Fsp3) is 0.538. The predicted molar refractivity (Wildman–Crippen MR) is 73.8 cm³/mol. The van der Waals surface area contributed by atoms with E-state index < -0.39 is 0 Å². The number of carbonyl (C=O) groups excluding carboxylic acids is 2. The molecule has 0 radical (unpaired) electrons. The van der Waals surface area contributed by atoms with Gasteiger partial charge in [0.2, 0.25) is 5.91 Å². The first-order valence-corrected chi connectivity index (χ1v) is 7.09. The molecule has 104 valence electrons. The van der Waals surface area contributed by atoms with Gasteiger partial charge in [-0.3, -0.25) is 9.59 Å². The van der Waals surface area contributed by atoms with E-state index in [0.29, 0.717) is 36.4 Å². The van der Waals surface area contributed by atoms with Crippen molar-refractivity contribution in [2.45, 2.75) is 19.8 Å². The Morgan fingerprint density at radius 2 is 2.05 bits per heavy atom. The first-order valence-electron chi connectivity index (χ1n) is 6.29. The van der Waals surface area contributed by atoms with Crippen LogP contribution in [-0.2, 0) is 4.79 Å². The summed E-state index contributed by atoms with van der Waals surface area (Å²) in [5.41, 5.74) is 0.824. The Morgan fingerprint density at radius 3 is 2.53 bits per heavy atom. The highest BCUT2D eigenvalue weighted by Crippen LogP contribution is 2.24. The van der Waals surface area contributed by atoms with Crippen LogP contribution in [0.15, 0.2) is 15.2 Å². The fourth-order valence-electron chi connectivity index (χ4n) is 2.35. The van der Waals surface area contributed by atoms with Crippen LogP contribution in [0, 0.1) is 12.8 Å². The van der Waals surface area contributed by atoms with Gasteiger partial charge in [-0.05, 0) is 41.8 Å². The maximum Gasteiger partial charge on any atom is 0.289 e. The third-order valence-electron chi connectivity index (χ3n) is 3.48. The summed E-state index contributed by atoms with van der Waals surface area (Å²) in [6.45, 7) is 3.03. The van der Waals surface area contributed by atoms with E-state index in [9.17, 15) is 9.59 Å². The third-order valence-corrected chi connectivity index (χ3v) is 3.87. The van der Waals surface area contributed by atoms with Crippen molar-refractivity contribution >= 4 is 27.7 Å². The topological polar surface area (TPSA) is 62.6 Å². The highest BCUT2D eigenvalue weighted by molar-refractivity contribution is 9.10. The molecule has 2 heterocycles. The molecule has 1 aromatic heterocycles. The fourth-order valence-corrected chi connectivity index (χ4v) is 2.85. The van der Waals surface area contributed by atoms with Gasteiger partial charge in [-0.15, -0.1) is 0 Å². The Labute approximate surface area is 120 Å². The molecular formula is C13H17BrN2O3. The summed E-state index contributed by atoms with van der Waals surface area (Å²) in [5.74, 6) is 0.353. The molecular weight excluding hydrogens is 312 g/mol. The van der Waals surface area contributed by atoms with Crippen molar-refractivity contribution in [1.29, 1.82) is 0 Å². The molecule has 1 aliphatic rings. The van der Waals surface area contributed by atoms with Gasteiger partial charge in [0.1, 0.15) is 0 Å². The number of piperidine rings is 1. The zero-order valence-corrected chi connectivity index (χ0v) is 12.6. The normalized spacial score (nSPS) is 16.5. The van der Waals surface area contributed by atoms with Gasteiger partial charge in [-0.2, -0.15) is 0 Å². The highest BCUT2D eigenvalue weighted by Gasteiger charge is 2.29. The van der Waals surface area contributed by atoms with Crippen LogP contribution in [0.3, 0.4) is 0 Å². The minimum Gasteiger partial charge on any atom is -0.444 e. The molecule has 6 heteroatoms. The number of nitrogens with one attached hydrogen (secondary N) is 1.